The summed E-state index contributed by atoms with van der Waals surface area (Å²) in [6, 6.07) is 13.8. The Kier molecular flexibility index (Phi) is 3.50. The molecule has 0 fully saturated rings. The van der Waals surface area contributed by atoms with Gasteiger partial charge in [-0.05, 0) is 17.7 Å². The molecule has 0 amide bonds. The van der Waals surface area contributed by atoms with Gasteiger partial charge >= 0.3 is 0 Å². The van der Waals surface area contributed by atoms with Crippen LogP contribution in [0.1, 0.15) is 15.9 Å². The Bertz CT molecular complexity index is 509. The van der Waals surface area contributed by atoms with Crippen LogP contribution in [-0.4, -0.2) is 6.29 Å². The van der Waals surface area contributed by atoms with E-state index in [0.717, 1.165) is 5.56 Å². The van der Waals surface area contributed by atoms with Gasteiger partial charge in [-0.25, -0.2) is 4.39 Å². The predicted octanol–water partition coefficient (Wildman–Crippen LogP) is 3.22. The molecule has 2 rings (SSSR count). The van der Waals surface area contributed by atoms with Gasteiger partial charge in [0.15, 0.2) is 6.29 Å². The first kappa shape index (κ1) is 11.3. The summed E-state index contributed by atoms with van der Waals surface area (Å²) in [4.78, 5) is 10.7. The lowest BCUT2D eigenvalue weighted by Crippen LogP contribution is -1.99. The Morgan fingerprint density at radius 1 is 1.06 bits per heavy atom. The molecular formula is C14H11FO2. The van der Waals surface area contributed by atoms with Gasteiger partial charge in [-0.15, -0.1) is 0 Å². The van der Waals surface area contributed by atoms with E-state index in [-0.39, 0.29) is 11.3 Å². The average Bonchev–Trinajstić information content (AvgIpc) is 2.37. The van der Waals surface area contributed by atoms with Crippen LogP contribution in [0.5, 0.6) is 5.75 Å². The number of hydrogen-bond acceptors (Lipinski definition) is 2. The third kappa shape index (κ3) is 2.69. The second-order valence-electron chi connectivity index (χ2n) is 3.54. The quantitative estimate of drug-likeness (QED) is 0.754. The lowest BCUT2D eigenvalue weighted by molar-refractivity contribution is 0.111. The first-order valence-corrected chi connectivity index (χ1v) is 5.21. The number of benzene rings is 2. The van der Waals surface area contributed by atoms with Crippen LogP contribution in [0.15, 0.2) is 48.5 Å². The van der Waals surface area contributed by atoms with Gasteiger partial charge in [0.2, 0.25) is 0 Å². The minimum Gasteiger partial charge on any atom is -0.488 e. The Morgan fingerprint density at radius 2 is 1.82 bits per heavy atom. The monoisotopic (exact) mass is 230 g/mol. The SMILES string of the molecule is O=Cc1c(F)cccc1OCc1ccccc1. The molecule has 0 aliphatic heterocycles. The highest BCUT2D eigenvalue weighted by Gasteiger charge is 2.08. The standard InChI is InChI=1S/C14H11FO2/c15-13-7-4-8-14(12(13)9-16)17-10-11-5-2-1-3-6-11/h1-9H,10H2. The molecule has 0 saturated carbocycles. The molecule has 0 bridgehead atoms. The van der Waals surface area contributed by atoms with Crippen molar-refractivity contribution in [3.05, 3.63) is 65.5 Å². The first-order valence-electron chi connectivity index (χ1n) is 5.21. The molecule has 2 nitrogen and oxygen atoms in total. The van der Waals surface area contributed by atoms with Crippen LogP contribution in [0.2, 0.25) is 0 Å². The van der Waals surface area contributed by atoms with Gasteiger partial charge in [0.05, 0.1) is 5.56 Å². The summed E-state index contributed by atoms with van der Waals surface area (Å²) in [5.74, 6) is -0.297. The molecule has 0 heterocycles. The van der Waals surface area contributed by atoms with E-state index in [0.29, 0.717) is 12.9 Å². The minimum absolute atomic E-state index is 0.0385. The van der Waals surface area contributed by atoms with Crippen LogP contribution < -0.4 is 4.74 Å². The summed E-state index contributed by atoms with van der Waals surface area (Å²) in [6.45, 7) is 0.311. The van der Waals surface area contributed by atoms with Crippen LogP contribution in [0.25, 0.3) is 0 Å². The van der Waals surface area contributed by atoms with Crippen LogP contribution in [0.3, 0.4) is 0 Å². The third-order valence-electron chi connectivity index (χ3n) is 2.37. The fourth-order valence-corrected chi connectivity index (χ4v) is 1.49. The molecule has 3 heteroatoms. The normalized spacial score (nSPS) is 9.94. The van der Waals surface area contributed by atoms with Crippen molar-refractivity contribution in [3.8, 4) is 5.75 Å². The van der Waals surface area contributed by atoms with E-state index in [2.05, 4.69) is 0 Å². The Labute approximate surface area is 98.7 Å². The third-order valence-corrected chi connectivity index (χ3v) is 2.37. The number of halogens is 1. The Balaban J connectivity index is 2.14. The van der Waals surface area contributed by atoms with Gasteiger partial charge in [0, 0.05) is 0 Å². The maximum Gasteiger partial charge on any atom is 0.156 e. The number of ether oxygens (including phenoxy) is 1. The van der Waals surface area contributed by atoms with E-state index in [1.807, 2.05) is 30.3 Å². The summed E-state index contributed by atoms with van der Waals surface area (Å²) in [7, 11) is 0. The largest absolute Gasteiger partial charge is 0.488 e. The summed E-state index contributed by atoms with van der Waals surface area (Å²) >= 11 is 0. The smallest absolute Gasteiger partial charge is 0.156 e. The highest BCUT2D eigenvalue weighted by Crippen LogP contribution is 2.20. The van der Waals surface area contributed by atoms with Crippen LogP contribution >= 0.6 is 0 Å². The molecule has 0 atom stereocenters. The van der Waals surface area contributed by atoms with Gasteiger partial charge in [-0.3, -0.25) is 4.79 Å². The summed E-state index contributed by atoms with van der Waals surface area (Å²) in [5, 5.41) is 0. The van der Waals surface area contributed by atoms with Crippen molar-refractivity contribution in [3.63, 3.8) is 0 Å². The molecule has 86 valence electrons. The lowest BCUT2D eigenvalue weighted by Gasteiger charge is -2.08. The first-order chi connectivity index (χ1) is 8.31. The second kappa shape index (κ2) is 5.25. The van der Waals surface area contributed by atoms with Gasteiger partial charge in [0.25, 0.3) is 0 Å². The molecule has 0 aromatic heterocycles. The highest BCUT2D eigenvalue weighted by atomic mass is 19.1. The van der Waals surface area contributed by atoms with E-state index in [4.69, 9.17) is 4.74 Å². The highest BCUT2D eigenvalue weighted by molar-refractivity contribution is 5.79. The zero-order valence-corrected chi connectivity index (χ0v) is 9.10. The van der Waals surface area contributed by atoms with Crippen LogP contribution in [-0.2, 0) is 6.61 Å². The summed E-state index contributed by atoms with van der Waals surface area (Å²) in [5.41, 5.74) is 0.928. The fourth-order valence-electron chi connectivity index (χ4n) is 1.49. The molecule has 17 heavy (non-hydrogen) atoms. The molecule has 0 spiro atoms. The molecule has 0 radical (unpaired) electrons. The topological polar surface area (TPSA) is 26.3 Å². The van der Waals surface area contributed by atoms with Crippen molar-refractivity contribution < 1.29 is 13.9 Å². The number of carbonyl (C=O) groups excluding carboxylic acids is 1. The minimum atomic E-state index is -0.564. The van der Waals surface area contributed by atoms with Crippen molar-refractivity contribution in [1.29, 1.82) is 0 Å². The zero-order valence-electron chi connectivity index (χ0n) is 9.10. The number of hydrogen-bond donors (Lipinski definition) is 0. The molecule has 0 unspecified atom stereocenters. The maximum atomic E-state index is 13.3. The molecule has 0 saturated heterocycles. The number of carbonyl (C=O) groups is 1. The van der Waals surface area contributed by atoms with E-state index >= 15 is 0 Å². The van der Waals surface area contributed by atoms with E-state index < -0.39 is 5.82 Å². The van der Waals surface area contributed by atoms with Crippen molar-refractivity contribution >= 4 is 6.29 Å². The molecule has 0 N–H and O–H groups in total. The van der Waals surface area contributed by atoms with Crippen molar-refractivity contribution in [2.45, 2.75) is 6.61 Å². The van der Waals surface area contributed by atoms with E-state index in [1.54, 1.807) is 6.07 Å². The van der Waals surface area contributed by atoms with E-state index in [9.17, 15) is 9.18 Å². The lowest BCUT2D eigenvalue weighted by atomic mass is 10.2. The molecule has 0 aliphatic carbocycles. The van der Waals surface area contributed by atoms with Crippen molar-refractivity contribution in [2.75, 3.05) is 0 Å². The van der Waals surface area contributed by atoms with Gasteiger partial charge in [0.1, 0.15) is 18.2 Å². The Morgan fingerprint density at radius 3 is 2.53 bits per heavy atom. The molecule has 2 aromatic carbocycles. The second-order valence-corrected chi connectivity index (χ2v) is 3.54. The molecule has 2 aromatic rings. The van der Waals surface area contributed by atoms with Gasteiger partial charge < -0.3 is 4.74 Å². The number of aldehydes is 1. The van der Waals surface area contributed by atoms with Crippen molar-refractivity contribution in [2.24, 2.45) is 0 Å². The fraction of sp³-hybridized carbons (Fsp3) is 0.0714. The van der Waals surface area contributed by atoms with Crippen LogP contribution in [0.4, 0.5) is 4.39 Å². The van der Waals surface area contributed by atoms with Crippen LogP contribution in [0, 0.1) is 5.82 Å². The summed E-state index contributed by atoms with van der Waals surface area (Å²) < 4.78 is 18.7. The predicted molar refractivity (Wildman–Crippen MR) is 62.6 cm³/mol. The van der Waals surface area contributed by atoms with Gasteiger partial charge in [-0.2, -0.15) is 0 Å². The maximum absolute atomic E-state index is 13.3. The molecular weight excluding hydrogens is 219 g/mol. The Hall–Kier alpha value is -2.16. The van der Waals surface area contributed by atoms with Gasteiger partial charge in [-0.1, -0.05) is 36.4 Å². The van der Waals surface area contributed by atoms with Crippen molar-refractivity contribution in [1.82, 2.24) is 0 Å². The zero-order chi connectivity index (χ0) is 12.1. The van der Waals surface area contributed by atoms with E-state index in [1.165, 1.54) is 12.1 Å². The molecule has 0 aliphatic rings. The summed E-state index contributed by atoms with van der Waals surface area (Å²) in [6.07, 6.45) is 0.468. The average molecular weight is 230 g/mol. The number of rotatable bonds is 4.